The van der Waals surface area contributed by atoms with E-state index in [2.05, 4.69) is 10.3 Å². The van der Waals surface area contributed by atoms with E-state index in [4.69, 9.17) is 5.73 Å². The molecule has 0 bridgehead atoms. The van der Waals surface area contributed by atoms with Crippen molar-refractivity contribution >= 4 is 17.4 Å². The maximum absolute atomic E-state index is 11.5. The summed E-state index contributed by atoms with van der Waals surface area (Å²) < 4.78 is 0. The number of hydrogen-bond donors (Lipinski definition) is 3. The zero-order chi connectivity index (χ0) is 16.3. The van der Waals surface area contributed by atoms with Gasteiger partial charge in [0, 0.05) is 18.0 Å². The van der Waals surface area contributed by atoms with E-state index in [0.29, 0.717) is 6.54 Å². The van der Waals surface area contributed by atoms with Crippen molar-refractivity contribution in [3.8, 4) is 0 Å². The largest absolute Gasteiger partial charge is 0.392 e. The smallest absolute Gasteiger partial charge is 0.288 e. The number of nitro groups is 1. The van der Waals surface area contributed by atoms with Gasteiger partial charge in [0.1, 0.15) is 12.0 Å². The van der Waals surface area contributed by atoms with Crippen LogP contribution in [0.15, 0.2) is 12.3 Å². The van der Waals surface area contributed by atoms with Gasteiger partial charge in [0.2, 0.25) is 0 Å². The minimum atomic E-state index is -0.784. The van der Waals surface area contributed by atoms with Crippen molar-refractivity contribution < 1.29 is 14.8 Å². The molecule has 1 amide bonds. The second-order valence-corrected chi connectivity index (χ2v) is 5.98. The van der Waals surface area contributed by atoms with E-state index < -0.39 is 16.9 Å². The fourth-order valence-corrected chi connectivity index (χ4v) is 2.76. The highest BCUT2D eigenvalue weighted by atomic mass is 16.6. The van der Waals surface area contributed by atoms with Crippen molar-refractivity contribution in [1.29, 1.82) is 0 Å². The second kappa shape index (κ2) is 6.27. The number of hydrogen-bond acceptors (Lipinski definition) is 6. The lowest BCUT2D eigenvalue weighted by Gasteiger charge is -2.38. The molecule has 1 aliphatic carbocycles. The van der Waals surface area contributed by atoms with E-state index in [1.807, 2.05) is 6.92 Å². The number of aliphatic hydroxyl groups excluding tert-OH is 1. The predicted molar refractivity (Wildman–Crippen MR) is 80.5 cm³/mol. The van der Waals surface area contributed by atoms with E-state index in [1.165, 1.54) is 0 Å². The van der Waals surface area contributed by atoms with Gasteiger partial charge in [-0.15, -0.1) is 0 Å². The molecule has 2 rings (SSSR count). The molecule has 0 saturated heterocycles. The van der Waals surface area contributed by atoms with Crippen molar-refractivity contribution in [2.45, 2.75) is 38.7 Å². The van der Waals surface area contributed by atoms with Crippen molar-refractivity contribution in [3.05, 3.63) is 27.9 Å². The molecule has 8 nitrogen and oxygen atoms in total. The summed E-state index contributed by atoms with van der Waals surface area (Å²) in [5.74, 6) is -0.579. The summed E-state index contributed by atoms with van der Waals surface area (Å²) in [4.78, 5) is 25.5. The molecule has 1 fully saturated rings. The summed E-state index contributed by atoms with van der Waals surface area (Å²) in [7, 11) is 0. The zero-order valence-corrected chi connectivity index (χ0v) is 12.4. The molecule has 1 heterocycles. The van der Waals surface area contributed by atoms with Gasteiger partial charge in [-0.3, -0.25) is 14.9 Å². The van der Waals surface area contributed by atoms with Crippen LogP contribution in [0, 0.1) is 15.5 Å². The monoisotopic (exact) mass is 308 g/mol. The molecule has 120 valence electrons. The maximum Gasteiger partial charge on any atom is 0.288 e. The number of rotatable bonds is 5. The molecule has 0 spiro atoms. The van der Waals surface area contributed by atoms with Crippen LogP contribution in [-0.4, -0.2) is 33.6 Å². The third-order valence-corrected chi connectivity index (χ3v) is 4.29. The van der Waals surface area contributed by atoms with Crippen LogP contribution in [0.1, 0.15) is 43.0 Å². The Balaban J connectivity index is 2.18. The third kappa shape index (κ3) is 3.33. The fourth-order valence-electron chi connectivity index (χ4n) is 2.76. The molecule has 0 radical (unpaired) electrons. The number of pyridine rings is 1. The van der Waals surface area contributed by atoms with Crippen LogP contribution >= 0.6 is 0 Å². The van der Waals surface area contributed by atoms with Crippen LogP contribution in [0.25, 0.3) is 0 Å². The Morgan fingerprint density at radius 3 is 2.95 bits per heavy atom. The molecule has 4 N–H and O–H groups in total. The molecule has 0 aromatic carbocycles. The molecule has 1 saturated carbocycles. The van der Waals surface area contributed by atoms with Crippen LogP contribution in [0.5, 0.6) is 0 Å². The topological polar surface area (TPSA) is 131 Å². The van der Waals surface area contributed by atoms with E-state index >= 15 is 0 Å². The van der Waals surface area contributed by atoms with Gasteiger partial charge in [0.15, 0.2) is 0 Å². The van der Waals surface area contributed by atoms with Crippen LogP contribution in [0.4, 0.5) is 11.5 Å². The number of anilines is 1. The summed E-state index contributed by atoms with van der Waals surface area (Å²) in [5.41, 5.74) is 4.63. The van der Waals surface area contributed by atoms with Crippen molar-refractivity contribution in [2.24, 2.45) is 11.1 Å². The van der Waals surface area contributed by atoms with E-state index in [-0.39, 0.29) is 22.5 Å². The Kier molecular flexibility index (Phi) is 4.60. The molecule has 8 heteroatoms. The number of nitrogens with zero attached hydrogens (tertiary/aromatic N) is 2. The Hall–Kier alpha value is -2.22. The summed E-state index contributed by atoms with van der Waals surface area (Å²) in [5, 5.41) is 23.9. The lowest BCUT2D eigenvalue weighted by Crippen LogP contribution is -2.41. The molecular formula is C14H20N4O4. The summed E-state index contributed by atoms with van der Waals surface area (Å²) in [6.45, 7) is 2.39. The fraction of sp³-hybridized carbons (Fsp3) is 0.571. The average molecular weight is 308 g/mol. The van der Waals surface area contributed by atoms with Crippen molar-refractivity contribution in [1.82, 2.24) is 4.98 Å². The van der Waals surface area contributed by atoms with Crippen LogP contribution in [-0.2, 0) is 0 Å². The first kappa shape index (κ1) is 16.2. The predicted octanol–water partition coefficient (Wildman–Crippen LogP) is 1.44. The number of carbonyl (C=O) groups excluding carboxylic acids is 1. The quantitative estimate of drug-likeness (QED) is 0.557. The van der Waals surface area contributed by atoms with Crippen molar-refractivity contribution in [3.63, 3.8) is 0 Å². The third-order valence-electron chi connectivity index (χ3n) is 4.29. The number of aliphatic hydroxyl groups is 1. The van der Waals surface area contributed by atoms with E-state index in [1.54, 1.807) is 0 Å². The molecule has 0 aliphatic heterocycles. The molecule has 22 heavy (non-hydrogen) atoms. The van der Waals surface area contributed by atoms with Gasteiger partial charge in [-0.05, 0) is 12.8 Å². The Bertz CT molecular complexity index is 592. The summed E-state index contributed by atoms with van der Waals surface area (Å²) >= 11 is 0. The lowest BCUT2D eigenvalue weighted by molar-refractivity contribution is -0.385. The van der Waals surface area contributed by atoms with E-state index in [9.17, 15) is 20.0 Å². The molecule has 1 aliphatic rings. The normalized spacial score (nSPS) is 24.7. The van der Waals surface area contributed by atoms with Gasteiger partial charge in [-0.1, -0.05) is 19.8 Å². The second-order valence-electron chi connectivity index (χ2n) is 5.98. The molecule has 1 aromatic heterocycles. The van der Waals surface area contributed by atoms with E-state index in [0.717, 1.165) is 37.9 Å². The van der Waals surface area contributed by atoms with Crippen molar-refractivity contribution in [2.75, 3.05) is 11.9 Å². The SMILES string of the molecule is CC1(CNc2ncc([N+](=O)[O-])cc2C(N)=O)CCCCC1O. The number of nitrogens with two attached hydrogens (primary N) is 1. The first-order valence-electron chi connectivity index (χ1n) is 7.20. The Morgan fingerprint density at radius 2 is 2.36 bits per heavy atom. The first-order chi connectivity index (χ1) is 10.3. The summed E-state index contributed by atoms with van der Waals surface area (Å²) in [6, 6.07) is 1.11. The lowest BCUT2D eigenvalue weighted by atomic mass is 9.73. The number of primary amides is 1. The first-order valence-corrected chi connectivity index (χ1v) is 7.20. The minimum absolute atomic E-state index is 0.0249. The molecule has 1 aromatic rings. The maximum atomic E-state index is 11.5. The highest BCUT2D eigenvalue weighted by Gasteiger charge is 2.35. The molecule has 2 atom stereocenters. The number of carbonyl (C=O) groups is 1. The standard InChI is InChI=1S/C14H20N4O4/c1-14(5-3-2-4-11(14)19)8-17-13-10(12(15)20)6-9(7-16-13)18(21)22/h6-7,11,19H,2-5,8H2,1H3,(H2,15,20)(H,16,17). The average Bonchev–Trinajstić information content (AvgIpc) is 2.48. The highest BCUT2D eigenvalue weighted by molar-refractivity contribution is 5.98. The van der Waals surface area contributed by atoms with Gasteiger partial charge < -0.3 is 16.2 Å². The van der Waals surface area contributed by atoms with Gasteiger partial charge in [0.05, 0.1) is 16.6 Å². The zero-order valence-electron chi connectivity index (χ0n) is 12.4. The Labute approximate surface area is 127 Å². The van der Waals surface area contributed by atoms with Gasteiger partial charge in [0.25, 0.3) is 11.6 Å². The van der Waals surface area contributed by atoms with Crippen LogP contribution in [0.3, 0.4) is 0 Å². The van der Waals surface area contributed by atoms with Gasteiger partial charge in [-0.2, -0.15) is 0 Å². The van der Waals surface area contributed by atoms with Gasteiger partial charge >= 0.3 is 0 Å². The molecular weight excluding hydrogens is 288 g/mol. The highest BCUT2D eigenvalue weighted by Crippen LogP contribution is 2.36. The summed E-state index contributed by atoms with van der Waals surface area (Å²) in [6.07, 6.45) is 4.29. The van der Waals surface area contributed by atoms with Crippen LogP contribution < -0.4 is 11.1 Å². The molecule has 2 unspecified atom stereocenters. The minimum Gasteiger partial charge on any atom is -0.392 e. The number of aromatic nitrogens is 1. The number of amides is 1. The Morgan fingerprint density at radius 1 is 1.64 bits per heavy atom. The van der Waals surface area contributed by atoms with Gasteiger partial charge in [-0.25, -0.2) is 4.98 Å². The number of nitrogens with one attached hydrogen (secondary N) is 1. The van der Waals surface area contributed by atoms with Crippen LogP contribution in [0.2, 0.25) is 0 Å².